The van der Waals surface area contributed by atoms with Crippen LogP contribution in [0.15, 0.2) is 40.3 Å². The lowest BCUT2D eigenvalue weighted by Crippen LogP contribution is -2.13. The van der Waals surface area contributed by atoms with Gasteiger partial charge in [-0.3, -0.25) is 10.1 Å². The number of benzene rings is 1. The molecule has 1 amide bonds. The molecule has 0 spiro atoms. The van der Waals surface area contributed by atoms with Crippen LogP contribution < -0.4 is 5.32 Å². The fourth-order valence-electron chi connectivity index (χ4n) is 1.72. The van der Waals surface area contributed by atoms with Gasteiger partial charge in [0.15, 0.2) is 5.13 Å². The summed E-state index contributed by atoms with van der Waals surface area (Å²) in [5.74, 6) is -0.334. The first-order valence-corrected chi connectivity index (χ1v) is 7.60. The molecule has 4 nitrogen and oxygen atoms in total. The van der Waals surface area contributed by atoms with Gasteiger partial charge in [0.1, 0.15) is 5.69 Å². The third kappa shape index (κ3) is 2.67. The summed E-state index contributed by atoms with van der Waals surface area (Å²) >= 11 is 10.8. The molecule has 100 valence electrons. The van der Waals surface area contributed by atoms with Crippen LogP contribution >= 0.6 is 38.9 Å². The fraction of sp³-hybridized carbons (Fsp3) is 0. The smallest absolute Gasteiger partial charge is 0.276 e. The molecule has 2 heterocycles. The van der Waals surface area contributed by atoms with Gasteiger partial charge in [-0.05, 0) is 28.1 Å². The molecule has 0 saturated carbocycles. The molecule has 0 aliphatic heterocycles. The number of hydrogen-bond donors (Lipinski definition) is 1. The van der Waals surface area contributed by atoms with Crippen molar-refractivity contribution in [1.29, 1.82) is 0 Å². The van der Waals surface area contributed by atoms with Gasteiger partial charge in [-0.1, -0.05) is 41.1 Å². The standard InChI is InChI=1S/C13H7BrClN3OS/c14-11-6-16-13(20-11)18-12(19)10-5-8(15)7-3-1-2-4-9(7)17-10/h1-6H,(H,16,18,19). The molecule has 20 heavy (non-hydrogen) atoms. The Bertz CT molecular complexity index is 805. The van der Waals surface area contributed by atoms with Crippen molar-refractivity contribution in [2.75, 3.05) is 5.32 Å². The predicted octanol–water partition coefficient (Wildman–Crippen LogP) is 4.36. The van der Waals surface area contributed by atoms with E-state index >= 15 is 0 Å². The normalized spacial score (nSPS) is 10.7. The van der Waals surface area contributed by atoms with Crippen molar-refractivity contribution in [2.24, 2.45) is 0 Å². The van der Waals surface area contributed by atoms with E-state index in [4.69, 9.17) is 11.6 Å². The van der Waals surface area contributed by atoms with Crippen molar-refractivity contribution in [3.05, 3.63) is 51.0 Å². The zero-order valence-corrected chi connectivity index (χ0v) is 13.1. The number of thiazole rings is 1. The monoisotopic (exact) mass is 367 g/mol. The minimum Gasteiger partial charge on any atom is -0.296 e. The summed E-state index contributed by atoms with van der Waals surface area (Å²) in [6, 6.07) is 8.97. The molecule has 3 aromatic rings. The van der Waals surface area contributed by atoms with Gasteiger partial charge in [-0.2, -0.15) is 0 Å². The quantitative estimate of drug-likeness (QED) is 0.731. The molecule has 0 aliphatic rings. The molecule has 0 fully saturated rings. The molecule has 0 atom stereocenters. The maximum absolute atomic E-state index is 12.1. The Kier molecular flexibility index (Phi) is 3.69. The number of carbonyl (C=O) groups is 1. The lowest BCUT2D eigenvalue weighted by atomic mass is 10.2. The van der Waals surface area contributed by atoms with Crippen molar-refractivity contribution in [1.82, 2.24) is 9.97 Å². The van der Waals surface area contributed by atoms with E-state index in [-0.39, 0.29) is 11.6 Å². The number of rotatable bonds is 2. The number of aromatic nitrogens is 2. The van der Waals surface area contributed by atoms with Gasteiger partial charge in [0, 0.05) is 5.39 Å². The summed E-state index contributed by atoms with van der Waals surface area (Å²) in [5.41, 5.74) is 0.950. The highest BCUT2D eigenvalue weighted by molar-refractivity contribution is 9.11. The van der Waals surface area contributed by atoms with Gasteiger partial charge < -0.3 is 0 Å². The SMILES string of the molecule is O=C(Nc1ncc(Br)s1)c1cc(Cl)c2ccccc2n1. The summed E-state index contributed by atoms with van der Waals surface area (Å²) in [5, 5.41) is 4.52. The van der Waals surface area contributed by atoms with E-state index in [9.17, 15) is 4.79 Å². The predicted molar refractivity (Wildman–Crippen MR) is 84.5 cm³/mol. The third-order valence-electron chi connectivity index (χ3n) is 2.60. The van der Waals surface area contributed by atoms with Gasteiger partial charge in [0.05, 0.1) is 20.5 Å². The van der Waals surface area contributed by atoms with Crippen LogP contribution in [0.1, 0.15) is 10.5 Å². The average molecular weight is 369 g/mol. The average Bonchev–Trinajstić information content (AvgIpc) is 2.84. The van der Waals surface area contributed by atoms with Gasteiger partial charge in [-0.15, -0.1) is 0 Å². The zero-order valence-electron chi connectivity index (χ0n) is 9.93. The van der Waals surface area contributed by atoms with Crippen LogP contribution in [0, 0.1) is 0 Å². The maximum atomic E-state index is 12.1. The van der Waals surface area contributed by atoms with E-state index in [1.54, 1.807) is 12.3 Å². The molecule has 0 aliphatic carbocycles. The van der Waals surface area contributed by atoms with Crippen LogP contribution in [-0.4, -0.2) is 15.9 Å². The first kappa shape index (κ1) is 13.5. The Morgan fingerprint density at radius 3 is 2.90 bits per heavy atom. The zero-order chi connectivity index (χ0) is 14.1. The largest absolute Gasteiger partial charge is 0.296 e. The number of pyridine rings is 1. The molecule has 7 heteroatoms. The summed E-state index contributed by atoms with van der Waals surface area (Å²) in [4.78, 5) is 20.5. The molecule has 2 aromatic heterocycles. The minimum atomic E-state index is -0.334. The minimum absolute atomic E-state index is 0.264. The second-order valence-electron chi connectivity index (χ2n) is 3.93. The number of nitrogens with zero attached hydrogens (tertiary/aromatic N) is 2. The highest BCUT2D eigenvalue weighted by Gasteiger charge is 2.12. The number of amides is 1. The highest BCUT2D eigenvalue weighted by Crippen LogP contribution is 2.25. The second-order valence-corrected chi connectivity index (χ2v) is 6.75. The number of para-hydroxylation sites is 1. The van der Waals surface area contributed by atoms with E-state index in [1.807, 2.05) is 24.3 Å². The van der Waals surface area contributed by atoms with Crippen molar-refractivity contribution < 1.29 is 4.79 Å². The Balaban J connectivity index is 1.95. The van der Waals surface area contributed by atoms with Crippen LogP contribution in [0.5, 0.6) is 0 Å². The van der Waals surface area contributed by atoms with E-state index in [1.165, 1.54) is 11.3 Å². The molecule has 0 saturated heterocycles. The summed E-state index contributed by atoms with van der Waals surface area (Å²) < 4.78 is 0.845. The number of halogens is 2. The van der Waals surface area contributed by atoms with Gasteiger partial charge in [0.25, 0.3) is 5.91 Å². The Hall–Kier alpha value is -1.50. The second kappa shape index (κ2) is 5.47. The van der Waals surface area contributed by atoms with E-state index in [0.717, 1.165) is 9.17 Å². The number of hydrogen-bond acceptors (Lipinski definition) is 4. The van der Waals surface area contributed by atoms with E-state index in [0.29, 0.717) is 15.7 Å². The Labute approximate surface area is 131 Å². The Morgan fingerprint density at radius 2 is 2.15 bits per heavy atom. The van der Waals surface area contributed by atoms with E-state index in [2.05, 4.69) is 31.2 Å². The molecular formula is C13H7BrClN3OS. The molecule has 3 rings (SSSR count). The summed E-state index contributed by atoms with van der Waals surface area (Å²) in [6.45, 7) is 0. The van der Waals surface area contributed by atoms with Crippen molar-refractivity contribution in [3.8, 4) is 0 Å². The number of nitrogens with one attached hydrogen (secondary N) is 1. The van der Waals surface area contributed by atoms with E-state index < -0.39 is 0 Å². The Morgan fingerprint density at radius 1 is 1.35 bits per heavy atom. The third-order valence-corrected chi connectivity index (χ3v) is 4.30. The molecule has 0 unspecified atom stereocenters. The van der Waals surface area contributed by atoms with Crippen LogP contribution in [0.4, 0.5) is 5.13 Å². The molecule has 0 radical (unpaired) electrons. The molecule has 1 N–H and O–H groups in total. The topological polar surface area (TPSA) is 54.9 Å². The van der Waals surface area contributed by atoms with Crippen molar-refractivity contribution >= 4 is 60.8 Å². The first-order chi connectivity index (χ1) is 9.63. The lowest BCUT2D eigenvalue weighted by Gasteiger charge is -2.04. The summed E-state index contributed by atoms with van der Waals surface area (Å²) in [7, 11) is 0. The van der Waals surface area contributed by atoms with Gasteiger partial charge >= 0.3 is 0 Å². The fourth-order valence-corrected chi connectivity index (χ4v) is 3.09. The molecular weight excluding hydrogens is 362 g/mol. The van der Waals surface area contributed by atoms with Crippen LogP contribution in [0.3, 0.4) is 0 Å². The van der Waals surface area contributed by atoms with Crippen molar-refractivity contribution in [3.63, 3.8) is 0 Å². The van der Waals surface area contributed by atoms with Gasteiger partial charge in [-0.25, -0.2) is 9.97 Å². The number of anilines is 1. The van der Waals surface area contributed by atoms with Crippen molar-refractivity contribution in [2.45, 2.75) is 0 Å². The highest BCUT2D eigenvalue weighted by atomic mass is 79.9. The van der Waals surface area contributed by atoms with Crippen LogP contribution in [-0.2, 0) is 0 Å². The first-order valence-electron chi connectivity index (χ1n) is 5.61. The van der Waals surface area contributed by atoms with Crippen LogP contribution in [0.25, 0.3) is 10.9 Å². The number of fused-ring (bicyclic) bond motifs is 1. The van der Waals surface area contributed by atoms with Crippen LogP contribution in [0.2, 0.25) is 5.02 Å². The molecule has 0 bridgehead atoms. The number of carbonyl (C=O) groups excluding carboxylic acids is 1. The van der Waals surface area contributed by atoms with Gasteiger partial charge in [0.2, 0.25) is 0 Å². The maximum Gasteiger partial charge on any atom is 0.276 e. The molecule has 1 aromatic carbocycles. The lowest BCUT2D eigenvalue weighted by molar-refractivity contribution is 0.102. The summed E-state index contributed by atoms with van der Waals surface area (Å²) in [6.07, 6.45) is 1.63.